The molecule has 2 amide bonds. The highest BCUT2D eigenvalue weighted by molar-refractivity contribution is 5.94. The minimum Gasteiger partial charge on any atom is -0.335 e. The predicted molar refractivity (Wildman–Crippen MR) is 83.4 cm³/mol. The molecular weight excluding hydrogens is 321 g/mol. The van der Waals surface area contributed by atoms with Crippen molar-refractivity contribution in [2.45, 2.75) is 26.1 Å². The molecule has 0 atom stereocenters. The van der Waals surface area contributed by atoms with Crippen LogP contribution >= 0.6 is 0 Å². The van der Waals surface area contributed by atoms with E-state index in [9.17, 15) is 22.8 Å². The van der Waals surface area contributed by atoms with E-state index in [0.717, 1.165) is 16.0 Å². The normalized spacial score (nSPS) is 14.1. The van der Waals surface area contributed by atoms with Crippen molar-refractivity contribution in [2.75, 3.05) is 19.6 Å². The van der Waals surface area contributed by atoms with Gasteiger partial charge in [-0.25, -0.2) is 0 Å². The van der Waals surface area contributed by atoms with Crippen LogP contribution in [0.25, 0.3) is 0 Å². The molecule has 1 aromatic carbocycles. The minimum atomic E-state index is -4.44. The van der Waals surface area contributed by atoms with Gasteiger partial charge in [0, 0.05) is 25.2 Å². The first kappa shape index (κ1) is 18.0. The van der Waals surface area contributed by atoms with Gasteiger partial charge in [-0.15, -0.1) is 0 Å². The number of hydrogen-bond acceptors (Lipinski definition) is 2. The van der Waals surface area contributed by atoms with E-state index in [-0.39, 0.29) is 18.0 Å². The molecule has 130 valence electrons. The highest BCUT2D eigenvalue weighted by Gasteiger charge is 2.33. The van der Waals surface area contributed by atoms with Crippen molar-refractivity contribution < 1.29 is 22.8 Å². The van der Waals surface area contributed by atoms with E-state index in [4.69, 9.17) is 0 Å². The van der Waals surface area contributed by atoms with Crippen LogP contribution < -0.4 is 0 Å². The average molecular weight is 340 g/mol. The average Bonchev–Trinajstić information content (AvgIpc) is 2.56. The summed E-state index contributed by atoms with van der Waals surface area (Å²) < 4.78 is 37.7. The van der Waals surface area contributed by atoms with Crippen LogP contribution in [0.5, 0.6) is 0 Å². The van der Waals surface area contributed by atoms with Crippen LogP contribution in [0.15, 0.2) is 30.9 Å². The van der Waals surface area contributed by atoms with Gasteiger partial charge in [-0.3, -0.25) is 9.59 Å². The second-order valence-electron chi connectivity index (χ2n) is 5.63. The van der Waals surface area contributed by atoms with E-state index in [1.54, 1.807) is 23.1 Å². The van der Waals surface area contributed by atoms with Gasteiger partial charge in [-0.1, -0.05) is 12.6 Å². The molecule has 1 aliphatic rings. The molecule has 0 unspecified atom stereocenters. The molecule has 1 aromatic rings. The van der Waals surface area contributed by atoms with Crippen molar-refractivity contribution in [2.24, 2.45) is 0 Å². The molecule has 24 heavy (non-hydrogen) atoms. The van der Waals surface area contributed by atoms with Crippen LogP contribution in [0.3, 0.4) is 0 Å². The molecule has 0 aromatic heterocycles. The van der Waals surface area contributed by atoms with Gasteiger partial charge in [0.2, 0.25) is 5.91 Å². The summed E-state index contributed by atoms with van der Waals surface area (Å²) in [6.07, 6.45) is -2.57. The highest BCUT2D eigenvalue weighted by atomic mass is 19.4. The number of halogens is 3. The van der Waals surface area contributed by atoms with E-state index in [0.29, 0.717) is 19.5 Å². The molecule has 2 rings (SSSR count). The monoisotopic (exact) mass is 340 g/mol. The molecule has 7 heteroatoms. The fourth-order valence-electron chi connectivity index (χ4n) is 2.73. The fraction of sp³-hybridized carbons (Fsp3) is 0.412. The minimum absolute atomic E-state index is 0.0312. The van der Waals surface area contributed by atoms with Crippen molar-refractivity contribution in [1.29, 1.82) is 0 Å². The third kappa shape index (κ3) is 4.15. The van der Waals surface area contributed by atoms with Gasteiger partial charge in [0.25, 0.3) is 5.91 Å². The molecule has 0 aliphatic carbocycles. The Labute approximate surface area is 138 Å². The summed E-state index contributed by atoms with van der Waals surface area (Å²) in [5.41, 5.74) is 1.98. The maximum absolute atomic E-state index is 12.6. The zero-order valence-electron chi connectivity index (χ0n) is 13.4. The van der Waals surface area contributed by atoms with Crippen molar-refractivity contribution in [1.82, 2.24) is 9.80 Å². The maximum atomic E-state index is 12.6. The zero-order valence-corrected chi connectivity index (χ0v) is 13.4. The van der Waals surface area contributed by atoms with E-state index >= 15 is 0 Å². The van der Waals surface area contributed by atoms with E-state index in [2.05, 4.69) is 6.58 Å². The van der Waals surface area contributed by atoms with Gasteiger partial charge in [-0.2, -0.15) is 13.2 Å². The molecule has 0 radical (unpaired) electrons. The molecule has 0 N–H and O–H groups in total. The van der Waals surface area contributed by atoms with Gasteiger partial charge in [0.05, 0.1) is 0 Å². The van der Waals surface area contributed by atoms with Crippen molar-refractivity contribution in [3.63, 3.8) is 0 Å². The summed E-state index contributed by atoms with van der Waals surface area (Å²) in [6, 6.07) is 4.88. The Bertz CT molecular complexity index is 656. The number of fused-ring (bicyclic) bond motifs is 1. The third-order valence-corrected chi connectivity index (χ3v) is 3.99. The van der Waals surface area contributed by atoms with Crippen molar-refractivity contribution in [3.8, 4) is 0 Å². The summed E-state index contributed by atoms with van der Waals surface area (Å²) >= 11 is 0. The molecular formula is C17H19F3N2O2. The number of rotatable bonds is 4. The summed E-state index contributed by atoms with van der Waals surface area (Å²) in [7, 11) is 0. The van der Waals surface area contributed by atoms with E-state index < -0.39 is 18.6 Å². The molecule has 0 saturated heterocycles. The largest absolute Gasteiger partial charge is 0.406 e. The van der Waals surface area contributed by atoms with Gasteiger partial charge in [0.15, 0.2) is 0 Å². The molecule has 0 spiro atoms. The zero-order chi connectivity index (χ0) is 17.9. The molecule has 0 fully saturated rings. The SMILES string of the molecule is C=CC(=O)N1CCc2ccc(C(=O)N(CC)CC(F)(F)F)cc2C1. The van der Waals surface area contributed by atoms with Crippen molar-refractivity contribution >= 4 is 11.8 Å². The number of nitrogens with zero attached hydrogens (tertiary/aromatic N) is 2. The van der Waals surface area contributed by atoms with Gasteiger partial charge >= 0.3 is 6.18 Å². The standard InChI is InChI=1S/C17H19F3N2O2/c1-3-15(23)22-8-7-12-5-6-13(9-14(12)10-22)16(24)21(4-2)11-17(18,19)20/h3,5-6,9H,1,4,7-8,10-11H2,2H3. The quantitative estimate of drug-likeness (QED) is 0.791. The van der Waals surface area contributed by atoms with Crippen LogP contribution in [0.4, 0.5) is 13.2 Å². The first-order valence-corrected chi connectivity index (χ1v) is 7.64. The van der Waals surface area contributed by atoms with Crippen LogP contribution in [0.2, 0.25) is 0 Å². The number of hydrogen-bond donors (Lipinski definition) is 0. The summed E-state index contributed by atoms with van der Waals surface area (Å²) in [4.78, 5) is 26.4. The Hall–Kier alpha value is -2.31. The highest BCUT2D eigenvalue weighted by Crippen LogP contribution is 2.23. The molecule has 0 bridgehead atoms. The lowest BCUT2D eigenvalue weighted by molar-refractivity contribution is -0.140. The lowest BCUT2D eigenvalue weighted by Crippen LogP contribution is -2.39. The van der Waals surface area contributed by atoms with E-state index in [1.807, 2.05) is 0 Å². The number of carbonyl (C=O) groups excluding carboxylic acids is 2. The van der Waals surface area contributed by atoms with Crippen molar-refractivity contribution in [3.05, 3.63) is 47.5 Å². The summed E-state index contributed by atoms with van der Waals surface area (Å²) in [5.74, 6) is -0.866. The number of carbonyl (C=O) groups is 2. The second kappa shape index (κ2) is 7.07. The Morgan fingerprint density at radius 1 is 1.33 bits per heavy atom. The van der Waals surface area contributed by atoms with E-state index in [1.165, 1.54) is 13.0 Å². The number of benzene rings is 1. The summed E-state index contributed by atoms with van der Waals surface area (Å²) in [5, 5.41) is 0. The molecule has 0 saturated carbocycles. The van der Waals surface area contributed by atoms with Gasteiger partial charge in [0.1, 0.15) is 6.54 Å². The summed E-state index contributed by atoms with van der Waals surface area (Å²) in [6.45, 7) is 4.53. The first-order chi connectivity index (χ1) is 11.2. The van der Waals surface area contributed by atoms with Gasteiger partial charge < -0.3 is 9.80 Å². The van der Waals surface area contributed by atoms with Crippen LogP contribution in [-0.4, -0.2) is 47.4 Å². The Morgan fingerprint density at radius 3 is 2.62 bits per heavy atom. The molecule has 1 heterocycles. The van der Waals surface area contributed by atoms with Gasteiger partial charge in [-0.05, 0) is 42.7 Å². The number of alkyl halides is 3. The Kier molecular flexibility index (Phi) is 5.31. The van der Waals surface area contributed by atoms with Crippen LogP contribution in [0, 0.1) is 0 Å². The topological polar surface area (TPSA) is 40.6 Å². The molecule has 1 aliphatic heterocycles. The first-order valence-electron chi connectivity index (χ1n) is 7.64. The fourth-order valence-corrected chi connectivity index (χ4v) is 2.73. The lowest BCUT2D eigenvalue weighted by atomic mass is 9.97. The number of amides is 2. The second-order valence-corrected chi connectivity index (χ2v) is 5.63. The third-order valence-electron chi connectivity index (χ3n) is 3.99. The smallest absolute Gasteiger partial charge is 0.335 e. The lowest BCUT2D eigenvalue weighted by Gasteiger charge is -2.29. The Balaban J connectivity index is 2.22. The Morgan fingerprint density at radius 2 is 2.04 bits per heavy atom. The maximum Gasteiger partial charge on any atom is 0.406 e. The van der Waals surface area contributed by atoms with Crippen LogP contribution in [-0.2, 0) is 17.8 Å². The van der Waals surface area contributed by atoms with Crippen LogP contribution in [0.1, 0.15) is 28.4 Å². The molecule has 4 nitrogen and oxygen atoms in total. The predicted octanol–water partition coefficient (Wildman–Crippen LogP) is 2.78.